The summed E-state index contributed by atoms with van der Waals surface area (Å²) < 4.78 is 0. The topological polar surface area (TPSA) is 60.7 Å². The number of hydrogen-bond donors (Lipinski definition) is 3. The average molecular weight is 159 g/mol. The van der Waals surface area contributed by atoms with Gasteiger partial charge < -0.3 is 15.1 Å². The molecule has 0 atom stereocenters. The molecule has 0 aromatic rings. The van der Waals surface area contributed by atoms with Crippen molar-refractivity contribution in [3.63, 3.8) is 0 Å². The van der Waals surface area contributed by atoms with E-state index >= 15 is 0 Å². The molecule has 3 nitrogen and oxygen atoms in total. The molecule has 3 N–H and O–H groups in total. The van der Waals surface area contributed by atoms with Gasteiger partial charge in [0.1, 0.15) is 0 Å². The molecule has 0 amide bonds. The Labute approximate surface area is 76.4 Å². The van der Waals surface area contributed by atoms with Gasteiger partial charge in [0.2, 0.25) is 0 Å². The van der Waals surface area contributed by atoms with Crippen molar-refractivity contribution in [2.24, 2.45) is 0 Å². The van der Waals surface area contributed by atoms with Crippen molar-refractivity contribution in [3.05, 3.63) is 0 Å². The first kappa shape index (κ1) is 15.6. The molecule has 0 spiro atoms. The quantitative estimate of drug-likeness (QED) is 0.330. The minimum absolute atomic E-state index is 0. The Morgan fingerprint density at radius 3 is 1.00 bits per heavy atom. The van der Waals surface area contributed by atoms with Gasteiger partial charge in [0, 0.05) is 17.1 Å². The van der Waals surface area contributed by atoms with Gasteiger partial charge >= 0.3 is 45.1 Å². The molecule has 0 aliphatic heterocycles. The zero-order valence-corrected chi connectivity index (χ0v) is 3.48. The van der Waals surface area contributed by atoms with Gasteiger partial charge in [0.25, 0.3) is 0 Å². The Morgan fingerprint density at radius 1 is 1.00 bits per heavy atom. The van der Waals surface area contributed by atoms with Crippen LogP contribution < -0.4 is 0 Å². The van der Waals surface area contributed by atoms with Crippen LogP contribution in [0, 0.1) is 0 Å². The SMILES string of the molecule is OB(O)O.[CaH2].[Mn]. The predicted molar refractivity (Wildman–Crippen MR) is 21.0 cm³/mol. The summed E-state index contributed by atoms with van der Waals surface area (Å²) in [7, 11) is -2.17. The Hall–Kier alpha value is 1.72. The van der Waals surface area contributed by atoms with Crippen molar-refractivity contribution in [2.45, 2.75) is 0 Å². The molecule has 1 radical (unpaired) electrons. The van der Waals surface area contributed by atoms with Crippen LogP contribution in [0.5, 0.6) is 0 Å². The molecular weight excluding hydrogens is 154 g/mol. The van der Waals surface area contributed by atoms with Crippen LogP contribution in [0.4, 0.5) is 0 Å². The van der Waals surface area contributed by atoms with Crippen molar-refractivity contribution in [3.8, 4) is 0 Å². The monoisotopic (exact) mass is 159 g/mol. The minimum Gasteiger partial charge on any atom is 0 e. The molecular formula is H5BCaMnO3. The van der Waals surface area contributed by atoms with Gasteiger partial charge in [-0.2, -0.15) is 0 Å². The first-order valence-corrected chi connectivity index (χ1v) is 0.775. The van der Waals surface area contributed by atoms with E-state index in [1.807, 2.05) is 0 Å². The van der Waals surface area contributed by atoms with E-state index < -0.39 is 7.32 Å². The second-order valence-corrected chi connectivity index (χ2v) is 0.346. The fourth-order valence-electron chi connectivity index (χ4n) is 0. The van der Waals surface area contributed by atoms with Crippen LogP contribution in [0.15, 0.2) is 0 Å². The summed E-state index contributed by atoms with van der Waals surface area (Å²) in [5, 5.41) is 21.5. The van der Waals surface area contributed by atoms with E-state index in [0.29, 0.717) is 0 Å². The Balaban J connectivity index is -0.0000000450. The van der Waals surface area contributed by atoms with Gasteiger partial charge in [-0.3, -0.25) is 0 Å². The average Bonchev–Trinajstić information content (AvgIpc) is 0.811. The van der Waals surface area contributed by atoms with Gasteiger partial charge in [0.15, 0.2) is 0 Å². The van der Waals surface area contributed by atoms with Crippen molar-refractivity contribution in [2.75, 3.05) is 0 Å². The maximum atomic E-state index is 7.17. The summed E-state index contributed by atoms with van der Waals surface area (Å²) in [6.07, 6.45) is 0. The summed E-state index contributed by atoms with van der Waals surface area (Å²) in [6.45, 7) is 0. The first-order chi connectivity index (χ1) is 1.73. The van der Waals surface area contributed by atoms with Crippen molar-refractivity contribution >= 4 is 45.1 Å². The van der Waals surface area contributed by atoms with Gasteiger partial charge in [-0.05, 0) is 0 Å². The van der Waals surface area contributed by atoms with Crippen LogP contribution in [0.2, 0.25) is 0 Å². The molecule has 0 aromatic heterocycles. The molecule has 0 bridgehead atoms. The summed E-state index contributed by atoms with van der Waals surface area (Å²) in [5.74, 6) is 0. The zero-order chi connectivity index (χ0) is 3.58. The van der Waals surface area contributed by atoms with Crippen LogP contribution in [0.1, 0.15) is 0 Å². The van der Waals surface area contributed by atoms with E-state index in [-0.39, 0.29) is 54.8 Å². The van der Waals surface area contributed by atoms with Crippen LogP contribution in [-0.2, 0) is 17.1 Å². The third-order valence-corrected chi connectivity index (χ3v) is 0. The van der Waals surface area contributed by atoms with Gasteiger partial charge in [-0.25, -0.2) is 0 Å². The second-order valence-electron chi connectivity index (χ2n) is 0.346. The standard InChI is InChI=1S/BH3O3.Ca.Mn.2H/c2-1(3)4;;;;/h2-4H;;;;. The number of rotatable bonds is 0. The van der Waals surface area contributed by atoms with Crippen LogP contribution in [0.3, 0.4) is 0 Å². The van der Waals surface area contributed by atoms with E-state index in [1.165, 1.54) is 0 Å². The summed E-state index contributed by atoms with van der Waals surface area (Å²) >= 11 is 0. The third-order valence-electron chi connectivity index (χ3n) is 0. The molecule has 0 fully saturated rings. The molecule has 0 unspecified atom stereocenters. The molecule has 6 heteroatoms. The van der Waals surface area contributed by atoms with E-state index in [4.69, 9.17) is 15.1 Å². The van der Waals surface area contributed by atoms with Crippen LogP contribution in [0.25, 0.3) is 0 Å². The molecule has 6 heavy (non-hydrogen) atoms. The van der Waals surface area contributed by atoms with Crippen molar-refractivity contribution in [1.29, 1.82) is 0 Å². The molecule has 0 saturated heterocycles. The molecule has 0 saturated carbocycles. The maximum Gasteiger partial charge on any atom is 0 e. The fourth-order valence-corrected chi connectivity index (χ4v) is 0. The molecule has 0 heterocycles. The second kappa shape index (κ2) is 9.87. The van der Waals surface area contributed by atoms with E-state index in [9.17, 15) is 0 Å². The van der Waals surface area contributed by atoms with Crippen LogP contribution >= 0.6 is 0 Å². The van der Waals surface area contributed by atoms with E-state index in [2.05, 4.69) is 0 Å². The Kier molecular flexibility index (Phi) is 25.7. The summed E-state index contributed by atoms with van der Waals surface area (Å²) in [6, 6.07) is 0. The minimum atomic E-state index is -2.17. The first-order valence-electron chi connectivity index (χ1n) is 0.775. The van der Waals surface area contributed by atoms with Crippen molar-refractivity contribution in [1.82, 2.24) is 0 Å². The van der Waals surface area contributed by atoms with E-state index in [1.54, 1.807) is 0 Å². The summed E-state index contributed by atoms with van der Waals surface area (Å²) in [5.41, 5.74) is 0. The van der Waals surface area contributed by atoms with Gasteiger partial charge in [-0.1, -0.05) is 0 Å². The normalized spacial score (nSPS) is 4.50. The Morgan fingerprint density at radius 2 is 1.00 bits per heavy atom. The molecule has 0 aliphatic carbocycles. The van der Waals surface area contributed by atoms with Gasteiger partial charge in [-0.15, -0.1) is 0 Å². The third kappa shape index (κ3) is 43.0. The molecule has 0 aromatic carbocycles. The summed E-state index contributed by atoms with van der Waals surface area (Å²) in [4.78, 5) is 0. The van der Waals surface area contributed by atoms with E-state index in [0.717, 1.165) is 0 Å². The van der Waals surface area contributed by atoms with Crippen molar-refractivity contribution < 1.29 is 32.1 Å². The molecule has 0 aliphatic rings. The zero-order valence-electron chi connectivity index (χ0n) is 2.30. The molecule has 35 valence electrons. The smallest absolute Gasteiger partial charge is 0 e. The Bertz CT molecular complexity index is 15.5. The van der Waals surface area contributed by atoms with Crippen LogP contribution in [-0.4, -0.2) is 60.1 Å². The fraction of sp³-hybridized carbons (Fsp3) is 0. The van der Waals surface area contributed by atoms with Gasteiger partial charge in [0.05, 0.1) is 0 Å². The predicted octanol–water partition coefficient (Wildman–Crippen LogP) is -2.97. The number of hydrogen-bond acceptors (Lipinski definition) is 3. The molecule has 0 rings (SSSR count). The maximum absolute atomic E-state index is 7.17. The largest absolute Gasteiger partial charge is 0 e.